The number of pyridine rings is 2. The van der Waals surface area contributed by atoms with Crippen LogP contribution in [0, 0.1) is 5.92 Å². The summed E-state index contributed by atoms with van der Waals surface area (Å²) >= 11 is 0. The molecule has 0 spiro atoms. The van der Waals surface area contributed by atoms with Gasteiger partial charge in [-0.1, -0.05) is 0 Å². The maximum Gasteiger partial charge on any atom is 0.254 e. The molecule has 2 amide bonds. The van der Waals surface area contributed by atoms with Crippen molar-refractivity contribution in [2.24, 2.45) is 5.92 Å². The topological polar surface area (TPSA) is 141 Å². The molecule has 11 nitrogen and oxygen atoms in total. The first kappa shape index (κ1) is 16.6. The first-order chi connectivity index (χ1) is 16.6. The van der Waals surface area contributed by atoms with E-state index in [1.807, 2.05) is 30.3 Å². The Kier molecular flexibility index (Phi) is 3.95. The van der Waals surface area contributed by atoms with Gasteiger partial charge in [0, 0.05) is 48.1 Å². The van der Waals surface area contributed by atoms with Crippen molar-refractivity contribution < 1.29 is 13.7 Å². The number of hydrogen-bond donors (Lipinski definition) is 4. The number of anilines is 4. The smallest absolute Gasteiger partial charge is 0.254 e. The summed E-state index contributed by atoms with van der Waals surface area (Å²) in [4.78, 5) is 35.6. The fourth-order valence-corrected chi connectivity index (χ4v) is 3.78. The highest BCUT2D eigenvalue weighted by molar-refractivity contribution is 6.02. The van der Waals surface area contributed by atoms with E-state index in [1.54, 1.807) is 6.20 Å². The van der Waals surface area contributed by atoms with E-state index < -0.39 is 12.9 Å². The van der Waals surface area contributed by atoms with Crippen LogP contribution in [0.25, 0.3) is 11.3 Å². The SMILES string of the molecule is [2H]C([2H])([2H])NC(=O)c1cnc(NC(=O)C2CC2)cc1Nc1nccc2c1N(C)C(C)c1n[nH]nc1-2. The molecule has 3 aromatic rings. The van der Waals surface area contributed by atoms with Crippen LogP contribution in [0.1, 0.15) is 46.0 Å². The summed E-state index contributed by atoms with van der Waals surface area (Å²) in [5.41, 5.74) is 3.23. The molecule has 1 saturated carbocycles. The van der Waals surface area contributed by atoms with Gasteiger partial charge in [-0.15, -0.1) is 0 Å². The van der Waals surface area contributed by atoms with E-state index in [-0.39, 0.29) is 34.9 Å². The van der Waals surface area contributed by atoms with Crippen molar-refractivity contribution >= 4 is 34.8 Å². The Bertz CT molecular complexity index is 1320. The molecule has 3 aromatic heterocycles. The van der Waals surface area contributed by atoms with E-state index >= 15 is 0 Å². The Morgan fingerprint density at radius 1 is 1.28 bits per heavy atom. The van der Waals surface area contributed by atoms with Crippen molar-refractivity contribution in [2.75, 3.05) is 29.6 Å². The molecule has 1 atom stereocenters. The van der Waals surface area contributed by atoms with Crippen LogP contribution >= 0.6 is 0 Å². The van der Waals surface area contributed by atoms with Gasteiger partial charge in [0.05, 0.1) is 23.0 Å². The van der Waals surface area contributed by atoms with Crippen LogP contribution in [0.15, 0.2) is 24.5 Å². The van der Waals surface area contributed by atoms with Crippen molar-refractivity contribution in [3.8, 4) is 11.3 Å². The fourth-order valence-electron chi connectivity index (χ4n) is 3.78. The zero-order chi connectivity index (χ0) is 24.9. The molecule has 11 heteroatoms. The summed E-state index contributed by atoms with van der Waals surface area (Å²) < 4.78 is 22.2. The van der Waals surface area contributed by atoms with Gasteiger partial charge >= 0.3 is 0 Å². The second kappa shape index (κ2) is 7.59. The fraction of sp³-hybridized carbons (Fsp3) is 0.333. The lowest BCUT2D eigenvalue weighted by Gasteiger charge is -2.33. The molecule has 0 saturated heterocycles. The first-order valence-corrected chi connectivity index (χ1v) is 10.2. The molecular formula is C21H23N9O2. The number of H-pyrrole nitrogens is 1. The number of amides is 2. The van der Waals surface area contributed by atoms with Crippen LogP contribution in [0.2, 0.25) is 0 Å². The molecule has 1 aliphatic carbocycles. The lowest BCUT2D eigenvalue weighted by atomic mass is 9.98. The van der Waals surface area contributed by atoms with Crippen LogP contribution < -0.4 is 20.9 Å². The summed E-state index contributed by atoms with van der Waals surface area (Å²) in [6, 6.07) is 3.20. The number of aromatic nitrogens is 5. The highest BCUT2D eigenvalue weighted by atomic mass is 16.2. The molecular weight excluding hydrogens is 410 g/mol. The third-order valence-electron chi connectivity index (χ3n) is 5.80. The van der Waals surface area contributed by atoms with Crippen molar-refractivity contribution in [3.05, 3.63) is 35.8 Å². The summed E-state index contributed by atoms with van der Waals surface area (Å²) in [7, 11) is 1.89. The Morgan fingerprint density at radius 3 is 2.91 bits per heavy atom. The second-order valence-electron chi connectivity index (χ2n) is 7.86. The molecule has 4 N–H and O–H groups in total. The van der Waals surface area contributed by atoms with Crippen LogP contribution in [-0.4, -0.2) is 51.2 Å². The monoisotopic (exact) mass is 436 g/mol. The van der Waals surface area contributed by atoms with E-state index in [2.05, 4.69) is 36.0 Å². The quantitative estimate of drug-likeness (QED) is 0.477. The van der Waals surface area contributed by atoms with E-state index in [9.17, 15) is 9.59 Å². The average Bonchev–Trinajstić information content (AvgIpc) is 3.53. The second-order valence-corrected chi connectivity index (χ2v) is 7.86. The van der Waals surface area contributed by atoms with Gasteiger partial charge in [-0.3, -0.25) is 9.59 Å². The van der Waals surface area contributed by atoms with Crippen LogP contribution in [0.5, 0.6) is 0 Å². The number of carbonyl (C=O) groups is 2. The molecule has 32 heavy (non-hydrogen) atoms. The molecule has 4 heterocycles. The van der Waals surface area contributed by atoms with Crippen LogP contribution in [-0.2, 0) is 4.79 Å². The van der Waals surface area contributed by atoms with Gasteiger partial charge in [-0.05, 0) is 25.8 Å². The van der Waals surface area contributed by atoms with E-state index in [0.717, 1.165) is 29.8 Å². The van der Waals surface area contributed by atoms with Crippen LogP contribution in [0.3, 0.4) is 0 Å². The largest absolute Gasteiger partial charge is 0.363 e. The number of nitrogens with zero attached hydrogens (tertiary/aromatic N) is 5. The summed E-state index contributed by atoms with van der Waals surface area (Å²) in [6.45, 7) is -0.704. The molecule has 1 unspecified atom stereocenters. The number of fused-ring (bicyclic) bond motifs is 3. The van der Waals surface area contributed by atoms with E-state index in [0.29, 0.717) is 11.5 Å². The van der Waals surface area contributed by atoms with Gasteiger partial charge in [0.1, 0.15) is 17.2 Å². The van der Waals surface area contributed by atoms with Gasteiger partial charge in [0.2, 0.25) is 5.91 Å². The molecule has 1 aliphatic heterocycles. The Balaban J connectivity index is 1.55. The van der Waals surface area contributed by atoms with Gasteiger partial charge < -0.3 is 20.9 Å². The maximum absolute atomic E-state index is 12.8. The van der Waals surface area contributed by atoms with E-state index in [4.69, 9.17) is 4.11 Å². The van der Waals surface area contributed by atoms with Gasteiger partial charge in [-0.2, -0.15) is 15.4 Å². The molecule has 2 aliphatic rings. The predicted molar refractivity (Wildman–Crippen MR) is 119 cm³/mol. The Morgan fingerprint density at radius 2 is 2.12 bits per heavy atom. The van der Waals surface area contributed by atoms with Crippen molar-refractivity contribution in [3.63, 3.8) is 0 Å². The minimum absolute atomic E-state index is 0.0152. The molecule has 0 bridgehead atoms. The Labute approximate surface area is 188 Å². The number of aromatic amines is 1. The van der Waals surface area contributed by atoms with Gasteiger partial charge in [0.15, 0.2) is 5.82 Å². The molecule has 0 aromatic carbocycles. The van der Waals surface area contributed by atoms with Gasteiger partial charge in [-0.25, -0.2) is 9.97 Å². The molecule has 0 radical (unpaired) electrons. The average molecular weight is 436 g/mol. The summed E-state index contributed by atoms with van der Waals surface area (Å²) in [5, 5.41) is 19.1. The number of carbonyl (C=O) groups excluding carboxylic acids is 2. The summed E-state index contributed by atoms with van der Waals surface area (Å²) in [5.74, 6) is -0.378. The lowest BCUT2D eigenvalue weighted by Crippen LogP contribution is -2.27. The standard InChI is InChI=1S/C21H23N9O2/c1-10-16-17(28-29-27-16)12-6-7-23-19(18(12)30(10)3)25-14-8-15(26-20(31)11-4-5-11)24-9-13(14)21(32)22-2/h6-11H,4-5H2,1-3H3,(H,22,32)(H,27,28,29)(H2,23,24,25,26,31)/i2D3. The molecule has 164 valence electrons. The third kappa shape index (κ3) is 3.31. The minimum atomic E-state index is -2.68. The van der Waals surface area contributed by atoms with Crippen molar-refractivity contribution in [2.45, 2.75) is 25.8 Å². The first-order valence-electron chi connectivity index (χ1n) is 11.7. The number of rotatable bonds is 5. The zero-order valence-electron chi connectivity index (χ0n) is 20.4. The predicted octanol–water partition coefficient (Wildman–Crippen LogP) is 2.22. The highest BCUT2D eigenvalue weighted by Gasteiger charge is 2.32. The number of hydrogen-bond acceptors (Lipinski definition) is 8. The maximum atomic E-state index is 12.8. The Hall–Kier alpha value is -4.02. The van der Waals surface area contributed by atoms with Gasteiger partial charge in [0.25, 0.3) is 5.91 Å². The van der Waals surface area contributed by atoms with Crippen molar-refractivity contribution in [1.82, 2.24) is 30.7 Å². The highest BCUT2D eigenvalue weighted by Crippen LogP contribution is 2.45. The molecule has 5 rings (SSSR count). The summed E-state index contributed by atoms with van der Waals surface area (Å²) in [6.07, 6.45) is 4.47. The third-order valence-corrected chi connectivity index (χ3v) is 5.80. The van der Waals surface area contributed by atoms with Crippen LogP contribution in [0.4, 0.5) is 23.0 Å². The number of nitrogens with one attached hydrogen (secondary N) is 4. The molecule has 1 fully saturated rings. The normalized spacial score (nSPS) is 18.5. The van der Waals surface area contributed by atoms with Crippen molar-refractivity contribution in [1.29, 1.82) is 0 Å². The lowest BCUT2D eigenvalue weighted by molar-refractivity contribution is -0.117. The minimum Gasteiger partial charge on any atom is -0.363 e. The zero-order valence-corrected chi connectivity index (χ0v) is 17.4. The van der Waals surface area contributed by atoms with E-state index in [1.165, 1.54) is 12.3 Å².